The Labute approximate surface area is 101 Å². The maximum Gasteiger partial charge on any atom is 0.224 e. The van der Waals surface area contributed by atoms with Crippen LogP contribution < -0.4 is 4.74 Å². The fourth-order valence-corrected chi connectivity index (χ4v) is 2.62. The summed E-state index contributed by atoms with van der Waals surface area (Å²) in [5.41, 5.74) is 0.336. The van der Waals surface area contributed by atoms with Crippen LogP contribution in [-0.4, -0.2) is 41.4 Å². The summed E-state index contributed by atoms with van der Waals surface area (Å²) in [6.45, 7) is 1.96. The highest BCUT2D eigenvalue weighted by Gasteiger charge is 2.42. The topological polar surface area (TPSA) is 42.4 Å². The minimum absolute atomic E-state index is 0.170. The summed E-state index contributed by atoms with van der Waals surface area (Å²) in [4.78, 5) is 18.6. The average Bonchev–Trinajstić information content (AvgIpc) is 2.34. The Kier molecular flexibility index (Phi) is 2.40. The van der Waals surface area contributed by atoms with E-state index < -0.39 is 0 Å². The molecule has 3 heterocycles. The number of rotatable bonds is 0. The minimum atomic E-state index is -0.301. The van der Waals surface area contributed by atoms with Crippen LogP contribution in [0.3, 0.4) is 0 Å². The van der Waals surface area contributed by atoms with Crippen LogP contribution in [0.15, 0.2) is 18.3 Å². The van der Waals surface area contributed by atoms with Gasteiger partial charge in [-0.2, -0.15) is 0 Å². The van der Waals surface area contributed by atoms with Gasteiger partial charge in [-0.3, -0.25) is 4.79 Å². The van der Waals surface area contributed by atoms with Crippen molar-refractivity contribution in [2.45, 2.75) is 24.9 Å². The van der Waals surface area contributed by atoms with E-state index in [0.29, 0.717) is 17.9 Å². The fourth-order valence-electron chi connectivity index (χ4n) is 2.62. The Morgan fingerprint density at radius 3 is 2.94 bits per heavy atom. The van der Waals surface area contributed by atoms with Crippen molar-refractivity contribution in [3.05, 3.63) is 23.9 Å². The summed E-state index contributed by atoms with van der Waals surface area (Å²) >= 11 is 0. The van der Waals surface area contributed by atoms with Crippen LogP contribution in [-0.2, 0) is 0 Å². The largest absolute Gasteiger partial charge is 0.470 e. The van der Waals surface area contributed by atoms with E-state index in [1.807, 2.05) is 0 Å². The molecule has 4 nitrogen and oxygen atoms in total. The van der Waals surface area contributed by atoms with E-state index in [4.69, 9.17) is 4.74 Å². The molecule has 1 fully saturated rings. The van der Waals surface area contributed by atoms with Crippen molar-refractivity contribution in [3.63, 3.8) is 0 Å². The van der Waals surface area contributed by atoms with Crippen LogP contribution in [0.4, 0.5) is 0 Å². The molecule has 1 spiro atoms. The second-order valence-corrected chi connectivity index (χ2v) is 5.04. The number of hydrogen-bond donors (Lipinski definition) is 0. The quantitative estimate of drug-likeness (QED) is 0.680. The van der Waals surface area contributed by atoms with Crippen molar-refractivity contribution in [1.29, 1.82) is 0 Å². The first kappa shape index (κ1) is 10.7. The lowest BCUT2D eigenvalue weighted by atomic mass is 9.83. The molecular weight excluding hydrogens is 216 g/mol. The molecule has 1 aromatic rings. The van der Waals surface area contributed by atoms with Crippen molar-refractivity contribution >= 4 is 5.78 Å². The highest BCUT2D eigenvalue weighted by molar-refractivity contribution is 5.99. The van der Waals surface area contributed by atoms with Gasteiger partial charge in [0.25, 0.3) is 0 Å². The van der Waals surface area contributed by atoms with E-state index in [-0.39, 0.29) is 11.4 Å². The normalized spacial score (nSPS) is 23.2. The molecule has 0 saturated carbocycles. The number of aromatic nitrogens is 1. The van der Waals surface area contributed by atoms with Gasteiger partial charge in [0, 0.05) is 32.1 Å². The first-order valence-corrected chi connectivity index (χ1v) is 6.04. The Morgan fingerprint density at radius 1 is 1.41 bits per heavy atom. The highest BCUT2D eigenvalue weighted by atomic mass is 16.5. The van der Waals surface area contributed by atoms with Crippen molar-refractivity contribution in [2.24, 2.45) is 0 Å². The number of hydrogen-bond acceptors (Lipinski definition) is 4. The molecule has 0 radical (unpaired) electrons. The second kappa shape index (κ2) is 3.81. The zero-order valence-electron chi connectivity index (χ0n) is 9.98. The first-order valence-electron chi connectivity index (χ1n) is 6.04. The number of piperidine rings is 1. The molecule has 0 amide bonds. The van der Waals surface area contributed by atoms with Crippen LogP contribution in [0.5, 0.6) is 5.88 Å². The summed E-state index contributed by atoms with van der Waals surface area (Å²) in [5.74, 6) is 0.692. The molecule has 0 aromatic carbocycles. The van der Waals surface area contributed by atoms with Crippen LogP contribution in [0.25, 0.3) is 0 Å². The van der Waals surface area contributed by atoms with E-state index in [9.17, 15) is 4.79 Å². The zero-order valence-corrected chi connectivity index (χ0v) is 9.98. The summed E-state index contributed by atoms with van der Waals surface area (Å²) in [6.07, 6.45) is 4.00. The standard InChI is InChI=1S/C13H16N2O2/c1-15-7-4-13(5-8-15)9-11(16)10-3-2-6-14-12(10)17-13/h2-3,6H,4-5,7-9H2,1H3. The summed E-state index contributed by atoms with van der Waals surface area (Å²) in [7, 11) is 2.10. The molecule has 0 unspecified atom stereocenters. The molecule has 0 aliphatic carbocycles. The van der Waals surface area contributed by atoms with Gasteiger partial charge >= 0.3 is 0 Å². The van der Waals surface area contributed by atoms with E-state index in [1.54, 1.807) is 18.3 Å². The summed E-state index contributed by atoms with van der Waals surface area (Å²) in [5, 5.41) is 0. The number of fused-ring (bicyclic) bond motifs is 1. The van der Waals surface area contributed by atoms with Gasteiger partial charge in [0.15, 0.2) is 5.78 Å². The molecule has 2 aliphatic rings. The molecule has 17 heavy (non-hydrogen) atoms. The highest BCUT2D eigenvalue weighted by Crippen LogP contribution is 2.37. The fraction of sp³-hybridized carbons (Fsp3) is 0.538. The number of ketones is 1. The average molecular weight is 232 g/mol. The third-order valence-electron chi connectivity index (χ3n) is 3.77. The van der Waals surface area contributed by atoms with E-state index in [0.717, 1.165) is 25.9 Å². The van der Waals surface area contributed by atoms with Gasteiger partial charge in [0.05, 0.1) is 12.0 Å². The Hall–Kier alpha value is -1.42. The molecule has 1 saturated heterocycles. The third kappa shape index (κ3) is 1.82. The van der Waals surface area contributed by atoms with Gasteiger partial charge in [-0.1, -0.05) is 0 Å². The van der Waals surface area contributed by atoms with Crippen molar-refractivity contribution in [2.75, 3.05) is 20.1 Å². The smallest absolute Gasteiger partial charge is 0.224 e. The monoisotopic (exact) mass is 232 g/mol. The van der Waals surface area contributed by atoms with Gasteiger partial charge in [-0.15, -0.1) is 0 Å². The summed E-state index contributed by atoms with van der Waals surface area (Å²) < 4.78 is 6.02. The Morgan fingerprint density at radius 2 is 2.18 bits per heavy atom. The van der Waals surface area contributed by atoms with E-state index in [2.05, 4.69) is 16.9 Å². The Balaban J connectivity index is 1.91. The number of likely N-dealkylation sites (tertiary alicyclic amines) is 1. The lowest BCUT2D eigenvalue weighted by molar-refractivity contribution is -0.00707. The molecule has 1 aromatic heterocycles. The Bertz CT molecular complexity index is 450. The lowest BCUT2D eigenvalue weighted by Gasteiger charge is -2.42. The summed E-state index contributed by atoms with van der Waals surface area (Å²) in [6, 6.07) is 3.58. The van der Waals surface area contributed by atoms with E-state index in [1.165, 1.54) is 0 Å². The maximum atomic E-state index is 12.1. The molecule has 4 heteroatoms. The van der Waals surface area contributed by atoms with Crippen molar-refractivity contribution in [1.82, 2.24) is 9.88 Å². The molecule has 3 rings (SSSR count). The number of carbonyl (C=O) groups excluding carboxylic acids is 1. The zero-order chi connectivity index (χ0) is 11.9. The molecule has 0 atom stereocenters. The van der Waals surface area contributed by atoms with Gasteiger partial charge in [-0.25, -0.2) is 4.98 Å². The number of pyridine rings is 1. The number of ether oxygens (including phenoxy) is 1. The number of nitrogens with zero attached hydrogens (tertiary/aromatic N) is 2. The van der Waals surface area contributed by atoms with Crippen LogP contribution in [0.1, 0.15) is 29.6 Å². The predicted molar refractivity (Wildman–Crippen MR) is 63.3 cm³/mol. The van der Waals surface area contributed by atoms with Gasteiger partial charge in [0.1, 0.15) is 5.60 Å². The molecule has 90 valence electrons. The van der Waals surface area contributed by atoms with Crippen LogP contribution in [0.2, 0.25) is 0 Å². The molecule has 0 N–H and O–H groups in total. The lowest BCUT2D eigenvalue weighted by Crippen LogP contribution is -2.50. The number of Topliss-reactive ketones (excluding diaryl/α,β-unsaturated/α-hetero) is 1. The van der Waals surface area contributed by atoms with Gasteiger partial charge in [0.2, 0.25) is 5.88 Å². The van der Waals surface area contributed by atoms with Crippen LogP contribution >= 0.6 is 0 Å². The van der Waals surface area contributed by atoms with Crippen LogP contribution in [0, 0.1) is 0 Å². The van der Waals surface area contributed by atoms with E-state index >= 15 is 0 Å². The first-order chi connectivity index (χ1) is 8.19. The third-order valence-corrected chi connectivity index (χ3v) is 3.77. The second-order valence-electron chi connectivity index (χ2n) is 5.04. The maximum absolute atomic E-state index is 12.1. The molecule has 2 aliphatic heterocycles. The van der Waals surface area contributed by atoms with Crippen molar-refractivity contribution < 1.29 is 9.53 Å². The predicted octanol–water partition coefficient (Wildman–Crippen LogP) is 1.51. The SMILES string of the molecule is CN1CCC2(CC1)CC(=O)c1cccnc1O2. The van der Waals surface area contributed by atoms with Crippen molar-refractivity contribution in [3.8, 4) is 5.88 Å². The number of carbonyl (C=O) groups is 1. The molecular formula is C13H16N2O2. The minimum Gasteiger partial charge on any atom is -0.470 e. The molecule has 0 bridgehead atoms. The van der Waals surface area contributed by atoms with Gasteiger partial charge < -0.3 is 9.64 Å². The van der Waals surface area contributed by atoms with Gasteiger partial charge in [-0.05, 0) is 19.2 Å².